The van der Waals surface area contributed by atoms with Gasteiger partial charge in [0.15, 0.2) is 5.82 Å². The Hall–Kier alpha value is -1.36. The zero-order valence-electron chi connectivity index (χ0n) is 11.3. The minimum atomic E-state index is -0.289. The highest BCUT2D eigenvalue weighted by Crippen LogP contribution is 2.15. The van der Waals surface area contributed by atoms with Crippen molar-refractivity contribution in [3.63, 3.8) is 0 Å². The van der Waals surface area contributed by atoms with Crippen molar-refractivity contribution >= 4 is 5.82 Å². The topological polar surface area (TPSA) is 64.2 Å². The number of nitrogens with zero attached hydrogens (tertiary/aromatic N) is 3. The Labute approximate surface area is 102 Å². The first-order valence-electron chi connectivity index (χ1n) is 5.82. The van der Waals surface area contributed by atoms with Gasteiger partial charge in [-0.15, -0.1) is 0 Å². The van der Waals surface area contributed by atoms with E-state index in [0.717, 1.165) is 0 Å². The highest BCUT2D eigenvalue weighted by molar-refractivity contribution is 5.38. The summed E-state index contributed by atoms with van der Waals surface area (Å²) in [5.41, 5.74) is 5.35. The van der Waals surface area contributed by atoms with Gasteiger partial charge in [0, 0.05) is 37.6 Å². The molecule has 0 saturated heterocycles. The Balaban J connectivity index is 3.25. The predicted molar refractivity (Wildman–Crippen MR) is 70.4 cm³/mol. The standard InChI is InChI=1S/C12H22N4O/c1-9(2)16-7-6-14-10(11(16)17)15(5)12(3,4)8-13/h6-7,9H,8,13H2,1-5H3. The number of anilines is 1. The first-order valence-corrected chi connectivity index (χ1v) is 5.82. The van der Waals surface area contributed by atoms with Gasteiger partial charge in [-0.3, -0.25) is 4.79 Å². The fourth-order valence-corrected chi connectivity index (χ4v) is 1.47. The summed E-state index contributed by atoms with van der Waals surface area (Å²) in [5.74, 6) is 0.441. The molecule has 0 radical (unpaired) electrons. The molecule has 0 fully saturated rings. The monoisotopic (exact) mass is 238 g/mol. The maximum absolute atomic E-state index is 12.2. The minimum absolute atomic E-state index is 0.0773. The van der Waals surface area contributed by atoms with Gasteiger partial charge in [0.05, 0.1) is 0 Å². The molecule has 0 unspecified atom stereocenters. The van der Waals surface area contributed by atoms with Crippen molar-refractivity contribution in [3.05, 3.63) is 22.7 Å². The smallest absolute Gasteiger partial charge is 0.293 e. The van der Waals surface area contributed by atoms with Crippen molar-refractivity contribution in [2.45, 2.75) is 39.3 Å². The fourth-order valence-electron chi connectivity index (χ4n) is 1.47. The molecular weight excluding hydrogens is 216 g/mol. The third-order valence-electron chi connectivity index (χ3n) is 3.13. The van der Waals surface area contributed by atoms with Gasteiger partial charge in [0.1, 0.15) is 0 Å². The molecule has 0 aromatic carbocycles. The minimum Gasteiger partial charge on any atom is -0.349 e. The van der Waals surface area contributed by atoms with Crippen LogP contribution in [-0.4, -0.2) is 28.7 Å². The summed E-state index contributed by atoms with van der Waals surface area (Å²) in [6, 6.07) is 0.124. The van der Waals surface area contributed by atoms with Gasteiger partial charge < -0.3 is 15.2 Å². The van der Waals surface area contributed by atoms with E-state index in [1.807, 2.05) is 39.6 Å². The molecule has 0 spiro atoms. The average molecular weight is 238 g/mol. The van der Waals surface area contributed by atoms with E-state index in [-0.39, 0.29) is 17.1 Å². The van der Waals surface area contributed by atoms with Crippen LogP contribution in [0.15, 0.2) is 17.2 Å². The summed E-state index contributed by atoms with van der Waals surface area (Å²) in [4.78, 5) is 18.2. The van der Waals surface area contributed by atoms with E-state index in [2.05, 4.69) is 4.98 Å². The first-order chi connectivity index (χ1) is 7.81. The number of rotatable bonds is 4. The largest absolute Gasteiger partial charge is 0.349 e. The quantitative estimate of drug-likeness (QED) is 0.850. The van der Waals surface area contributed by atoms with E-state index in [4.69, 9.17) is 5.73 Å². The summed E-state index contributed by atoms with van der Waals surface area (Å²) < 4.78 is 1.67. The average Bonchev–Trinajstić information content (AvgIpc) is 2.28. The third kappa shape index (κ3) is 2.66. The Morgan fingerprint density at radius 2 is 2.12 bits per heavy atom. The SMILES string of the molecule is CC(C)n1ccnc(N(C)C(C)(C)CN)c1=O. The highest BCUT2D eigenvalue weighted by atomic mass is 16.1. The lowest BCUT2D eigenvalue weighted by molar-refractivity contribution is 0.486. The van der Waals surface area contributed by atoms with Crippen LogP contribution in [0.25, 0.3) is 0 Å². The number of aromatic nitrogens is 2. The maximum Gasteiger partial charge on any atom is 0.293 e. The van der Waals surface area contributed by atoms with Gasteiger partial charge in [-0.1, -0.05) is 0 Å². The van der Waals surface area contributed by atoms with Gasteiger partial charge in [-0.05, 0) is 27.7 Å². The van der Waals surface area contributed by atoms with Gasteiger partial charge >= 0.3 is 0 Å². The van der Waals surface area contributed by atoms with Gasteiger partial charge in [-0.2, -0.15) is 0 Å². The molecule has 96 valence electrons. The van der Waals surface area contributed by atoms with E-state index in [9.17, 15) is 4.79 Å². The van der Waals surface area contributed by atoms with Crippen LogP contribution in [0.4, 0.5) is 5.82 Å². The molecule has 1 aromatic heterocycles. The van der Waals surface area contributed by atoms with E-state index in [0.29, 0.717) is 12.4 Å². The number of nitrogens with two attached hydrogens (primary N) is 1. The van der Waals surface area contributed by atoms with Crippen molar-refractivity contribution in [2.75, 3.05) is 18.5 Å². The van der Waals surface area contributed by atoms with Crippen LogP contribution in [0.3, 0.4) is 0 Å². The maximum atomic E-state index is 12.2. The molecule has 2 N–H and O–H groups in total. The second kappa shape index (κ2) is 4.87. The second-order valence-corrected chi connectivity index (χ2v) is 5.13. The second-order valence-electron chi connectivity index (χ2n) is 5.13. The van der Waals surface area contributed by atoms with E-state index in [1.165, 1.54) is 0 Å². The molecule has 0 bridgehead atoms. The Kier molecular flexibility index (Phi) is 3.93. The molecule has 17 heavy (non-hydrogen) atoms. The normalized spacial score (nSPS) is 11.9. The van der Waals surface area contributed by atoms with Gasteiger partial charge in [0.2, 0.25) is 0 Å². The van der Waals surface area contributed by atoms with E-state index >= 15 is 0 Å². The molecule has 0 saturated carbocycles. The molecule has 0 atom stereocenters. The van der Waals surface area contributed by atoms with Gasteiger partial charge in [0.25, 0.3) is 5.56 Å². The molecular formula is C12H22N4O. The zero-order chi connectivity index (χ0) is 13.2. The number of hydrogen-bond donors (Lipinski definition) is 1. The zero-order valence-corrected chi connectivity index (χ0v) is 11.3. The molecule has 0 amide bonds. The summed E-state index contributed by atoms with van der Waals surface area (Å²) in [6.07, 6.45) is 3.36. The van der Waals surface area contributed by atoms with E-state index < -0.39 is 0 Å². The van der Waals surface area contributed by atoms with Crippen molar-refractivity contribution in [3.8, 4) is 0 Å². The predicted octanol–water partition coefficient (Wildman–Crippen LogP) is 0.998. The first kappa shape index (κ1) is 13.7. The molecule has 1 aromatic rings. The van der Waals surface area contributed by atoms with Crippen LogP contribution in [0, 0.1) is 0 Å². The van der Waals surface area contributed by atoms with E-state index in [1.54, 1.807) is 17.0 Å². The Morgan fingerprint density at radius 1 is 1.53 bits per heavy atom. The lowest BCUT2D eigenvalue weighted by atomic mass is 10.0. The molecule has 0 aliphatic carbocycles. The summed E-state index contributed by atoms with van der Waals surface area (Å²) in [5, 5.41) is 0. The Morgan fingerprint density at radius 3 is 2.59 bits per heavy atom. The van der Waals surface area contributed by atoms with Crippen molar-refractivity contribution in [2.24, 2.45) is 5.73 Å². The van der Waals surface area contributed by atoms with Crippen LogP contribution in [0.5, 0.6) is 0 Å². The van der Waals surface area contributed by atoms with Gasteiger partial charge in [-0.25, -0.2) is 4.98 Å². The molecule has 1 heterocycles. The molecule has 5 heteroatoms. The van der Waals surface area contributed by atoms with Crippen LogP contribution in [-0.2, 0) is 0 Å². The lowest BCUT2D eigenvalue weighted by Gasteiger charge is -2.35. The van der Waals surface area contributed by atoms with Crippen LogP contribution in [0.1, 0.15) is 33.7 Å². The van der Waals surface area contributed by atoms with Crippen molar-refractivity contribution < 1.29 is 0 Å². The molecule has 0 aliphatic rings. The summed E-state index contributed by atoms with van der Waals surface area (Å²) in [6.45, 7) is 8.38. The lowest BCUT2D eigenvalue weighted by Crippen LogP contribution is -2.50. The highest BCUT2D eigenvalue weighted by Gasteiger charge is 2.25. The van der Waals surface area contributed by atoms with Crippen LogP contribution in [0.2, 0.25) is 0 Å². The summed E-state index contributed by atoms with van der Waals surface area (Å²) >= 11 is 0. The Bertz CT molecular complexity index is 436. The number of hydrogen-bond acceptors (Lipinski definition) is 4. The number of likely N-dealkylation sites (N-methyl/N-ethyl adjacent to an activating group) is 1. The fraction of sp³-hybridized carbons (Fsp3) is 0.667. The molecule has 0 aliphatic heterocycles. The summed E-state index contributed by atoms with van der Waals surface area (Å²) in [7, 11) is 1.85. The van der Waals surface area contributed by atoms with Crippen molar-refractivity contribution in [1.82, 2.24) is 9.55 Å². The molecule has 1 rings (SSSR count). The van der Waals surface area contributed by atoms with Crippen LogP contribution < -0.4 is 16.2 Å². The van der Waals surface area contributed by atoms with Crippen molar-refractivity contribution in [1.29, 1.82) is 0 Å². The molecule has 5 nitrogen and oxygen atoms in total. The van der Waals surface area contributed by atoms with Crippen LogP contribution >= 0.6 is 0 Å². The third-order valence-corrected chi connectivity index (χ3v) is 3.13.